The average Bonchev–Trinajstić information content (AvgIpc) is 2.95. The Morgan fingerprint density at radius 3 is 2.65 bits per heavy atom. The zero-order valence-corrected chi connectivity index (χ0v) is 9.85. The molecule has 1 fully saturated rings. The molecule has 0 spiro atoms. The third-order valence-electron chi connectivity index (χ3n) is 2.48. The first kappa shape index (κ1) is 14.0. The van der Waals surface area contributed by atoms with E-state index >= 15 is 0 Å². The van der Waals surface area contributed by atoms with E-state index in [4.69, 9.17) is 0 Å². The first-order chi connectivity index (χ1) is 9.29. The lowest BCUT2D eigenvalue weighted by Crippen LogP contribution is -2.36. The van der Waals surface area contributed by atoms with Crippen molar-refractivity contribution < 1.29 is 27.6 Å². The maximum atomic E-state index is 12.1. The monoisotopic (exact) mass is 291 g/mol. The van der Waals surface area contributed by atoms with Gasteiger partial charge in [-0.3, -0.25) is 14.5 Å². The normalized spacial score (nSPS) is 15.3. The topological polar surface area (TPSA) is 97.2 Å². The molecule has 1 aliphatic heterocycles. The van der Waals surface area contributed by atoms with Gasteiger partial charge in [-0.1, -0.05) is 5.21 Å². The molecule has 11 heteroatoms. The molecule has 1 aromatic heterocycles. The Hall–Kier alpha value is -2.46. The predicted molar refractivity (Wildman–Crippen MR) is 55.5 cm³/mol. The van der Waals surface area contributed by atoms with E-state index in [1.54, 1.807) is 0 Å². The van der Waals surface area contributed by atoms with Crippen LogP contribution in [-0.2, 0) is 11.3 Å². The van der Waals surface area contributed by atoms with Crippen LogP contribution in [0.5, 0.6) is 0 Å². The van der Waals surface area contributed by atoms with Crippen LogP contribution >= 0.6 is 0 Å². The summed E-state index contributed by atoms with van der Waals surface area (Å²) in [5, 5.41) is 8.70. The second-order valence-corrected chi connectivity index (χ2v) is 3.91. The molecule has 0 bridgehead atoms. The molecule has 20 heavy (non-hydrogen) atoms. The number of carbonyl (C=O) groups is 3. The van der Waals surface area contributed by atoms with Crippen LogP contribution in [0.15, 0.2) is 6.20 Å². The van der Waals surface area contributed by atoms with E-state index in [0.717, 1.165) is 9.58 Å². The standard InChI is InChI=1S/C9H8F3N5O3/c10-9(11,12)7(19)5-3-16(15-14-5)4-6(18)17-2-1-13-8(17)20/h3H,1-2,4H2,(H,13,20). The highest BCUT2D eigenvalue weighted by molar-refractivity contribution is 5.98. The molecule has 1 aliphatic rings. The summed E-state index contributed by atoms with van der Waals surface area (Å²) >= 11 is 0. The summed E-state index contributed by atoms with van der Waals surface area (Å²) in [6, 6.07) is -0.582. The number of nitrogens with one attached hydrogen (secondary N) is 1. The van der Waals surface area contributed by atoms with E-state index in [1.807, 2.05) is 0 Å². The van der Waals surface area contributed by atoms with Gasteiger partial charge in [-0.2, -0.15) is 13.2 Å². The summed E-state index contributed by atoms with van der Waals surface area (Å²) in [6.07, 6.45) is -4.35. The molecule has 0 atom stereocenters. The Balaban J connectivity index is 2.05. The third kappa shape index (κ3) is 2.75. The number of carbonyl (C=O) groups excluding carboxylic acids is 3. The number of urea groups is 1. The highest BCUT2D eigenvalue weighted by Crippen LogP contribution is 2.19. The van der Waals surface area contributed by atoms with E-state index in [1.165, 1.54) is 0 Å². The van der Waals surface area contributed by atoms with Crippen LogP contribution in [0, 0.1) is 0 Å². The maximum Gasteiger partial charge on any atom is 0.456 e. The molecule has 0 radical (unpaired) electrons. The summed E-state index contributed by atoms with van der Waals surface area (Å²) in [4.78, 5) is 34.6. The summed E-state index contributed by atoms with van der Waals surface area (Å²) in [5.74, 6) is -2.80. The van der Waals surface area contributed by atoms with E-state index in [2.05, 4.69) is 15.6 Å². The van der Waals surface area contributed by atoms with Gasteiger partial charge in [0.15, 0.2) is 5.69 Å². The van der Waals surface area contributed by atoms with Crippen molar-refractivity contribution in [2.24, 2.45) is 0 Å². The van der Waals surface area contributed by atoms with Gasteiger partial charge in [-0.25, -0.2) is 9.48 Å². The average molecular weight is 291 g/mol. The number of rotatable bonds is 3. The van der Waals surface area contributed by atoms with Gasteiger partial charge >= 0.3 is 12.2 Å². The van der Waals surface area contributed by atoms with E-state index in [9.17, 15) is 27.6 Å². The van der Waals surface area contributed by atoms with Gasteiger partial charge in [0.2, 0.25) is 0 Å². The lowest BCUT2D eigenvalue weighted by molar-refractivity contribution is -0.128. The van der Waals surface area contributed by atoms with Crippen LogP contribution in [0.1, 0.15) is 10.5 Å². The molecule has 2 heterocycles. The van der Waals surface area contributed by atoms with Gasteiger partial charge < -0.3 is 5.32 Å². The highest BCUT2D eigenvalue weighted by atomic mass is 19.4. The van der Waals surface area contributed by atoms with Crippen molar-refractivity contribution in [3.05, 3.63) is 11.9 Å². The fourth-order valence-corrected chi connectivity index (χ4v) is 1.56. The number of aromatic nitrogens is 3. The van der Waals surface area contributed by atoms with Gasteiger partial charge in [0, 0.05) is 13.1 Å². The first-order valence-corrected chi connectivity index (χ1v) is 5.39. The van der Waals surface area contributed by atoms with Crippen LogP contribution < -0.4 is 5.32 Å². The summed E-state index contributed by atoms with van der Waals surface area (Å²) in [6.45, 7) is -0.00794. The van der Waals surface area contributed by atoms with Crippen LogP contribution in [0.3, 0.4) is 0 Å². The molecule has 2 rings (SSSR count). The van der Waals surface area contributed by atoms with Crippen molar-refractivity contribution in [1.82, 2.24) is 25.2 Å². The number of halogens is 3. The number of hydrogen-bond acceptors (Lipinski definition) is 5. The van der Waals surface area contributed by atoms with Crippen molar-refractivity contribution in [2.75, 3.05) is 13.1 Å². The maximum absolute atomic E-state index is 12.1. The Kier molecular flexibility index (Phi) is 3.42. The van der Waals surface area contributed by atoms with Gasteiger partial charge in [-0.15, -0.1) is 5.10 Å². The van der Waals surface area contributed by atoms with Crippen LogP contribution in [0.25, 0.3) is 0 Å². The molecule has 1 aromatic rings. The second kappa shape index (κ2) is 4.90. The Labute approximate surface area is 109 Å². The number of alkyl halides is 3. The Morgan fingerprint density at radius 1 is 1.40 bits per heavy atom. The van der Waals surface area contributed by atoms with Gasteiger partial charge in [0.05, 0.1) is 6.20 Å². The number of nitrogens with zero attached hydrogens (tertiary/aromatic N) is 4. The third-order valence-corrected chi connectivity index (χ3v) is 2.48. The molecule has 1 N–H and O–H groups in total. The summed E-state index contributed by atoms with van der Waals surface area (Å²) in [5.41, 5.74) is -0.906. The van der Waals surface area contributed by atoms with Crippen molar-refractivity contribution in [2.45, 2.75) is 12.7 Å². The molecule has 8 nitrogen and oxygen atoms in total. The van der Waals surface area contributed by atoms with E-state index in [-0.39, 0.29) is 6.54 Å². The first-order valence-electron chi connectivity index (χ1n) is 5.39. The Bertz CT molecular complexity index is 567. The van der Waals surface area contributed by atoms with Crippen molar-refractivity contribution in [3.8, 4) is 0 Å². The molecule has 0 saturated carbocycles. The molecule has 0 aliphatic carbocycles. The van der Waals surface area contributed by atoms with Gasteiger partial charge in [-0.05, 0) is 0 Å². The van der Waals surface area contributed by atoms with Gasteiger partial charge in [0.25, 0.3) is 11.7 Å². The molecule has 3 amide bonds. The number of Topliss-reactive ketones (excluding diaryl/α,β-unsaturated/α-hetero) is 1. The zero-order chi connectivity index (χ0) is 14.9. The molecule has 108 valence electrons. The fraction of sp³-hybridized carbons (Fsp3) is 0.444. The van der Waals surface area contributed by atoms with E-state index in [0.29, 0.717) is 12.7 Å². The summed E-state index contributed by atoms with van der Waals surface area (Å²) in [7, 11) is 0. The van der Waals surface area contributed by atoms with Crippen LogP contribution in [0.2, 0.25) is 0 Å². The minimum absolute atomic E-state index is 0.167. The highest BCUT2D eigenvalue weighted by Gasteiger charge is 2.41. The molecular formula is C9H8F3N5O3. The van der Waals surface area contributed by atoms with Crippen LogP contribution in [0.4, 0.5) is 18.0 Å². The SMILES string of the molecule is O=C(Cn1cc(C(=O)C(F)(F)F)nn1)N1CCNC1=O. The number of imide groups is 1. The number of hydrogen-bond donors (Lipinski definition) is 1. The minimum atomic E-state index is -5.06. The smallest absolute Gasteiger partial charge is 0.336 e. The predicted octanol–water partition coefficient (Wildman–Crippen LogP) is -0.425. The number of amides is 3. The molecular weight excluding hydrogens is 283 g/mol. The lowest BCUT2D eigenvalue weighted by atomic mass is 10.3. The molecule has 1 saturated heterocycles. The Morgan fingerprint density at radius 2 is 2.10 bits per heavy atom. The largest absolute Gasteiger partial charge is 0.456 e. The number of ketones is 1. The second-order valence-electron chi connectivity index (χ2n) is 3.91. The van der Waals surface area contributed by atoms with Crippen molar-refractivity contribution in [1.29, 1.82) is 0 Å². The van der Waals surface area contributed by atoms with Crippen LogP contribution in [-0.4, -0.2) is 56.9 Å². The quantitative estimate of drug-likeness (QED) is 0.762. The minimum Gasteiger partial charge on any atom is -0.336 e. The molecule has 0 unspecified atom stereocenters. The summed E-state index contributed by atoms with van der Waals surface area (Å²) < 4.78 is 37.2. The van der Waals surface area contributed by atoms with E-state index < -0.39 is 36.1 Å². The van der Waals surface area contributed by atoms with Gasteiger partial charge in [0.1, 0.15) is 6.54 Å². The lowest BCUT2D eigenvalue weighted by Gasteiger charge is -2.11. The zero-order valence-electron chi connectivity index (χ0n) is 9.85. The molecule has 0 aromatic carbocycles. The van der Waals surface area contributed by atoms with Crippen molar-refractivity contribution >= 4 is 17.7 Å². The van der Waals surface area contributed by atoms with Crippen molar-refractivity contribution in [3.63, 3.8) is 0 Å². The fourth-order valence-electron chi connectivity index (χ4n) is 1.56.